The van der Waals surface area contributed by atoms with E-state index in [1.807, 2.05) is 18.2 Å². The molecule has 0 radical (unpaired) electrons. The first-order valence-corrected chi connectivity index (χ1v) is 7.14. The number of fused-ring (bicyclic) bond motifs is 1. The minimum atomic E-state index is -0.300. The van der Waals surface area contributed by atoms with E-state index in [1.54, 1.807) is 31.4 Å². The summed E-state index contributed by atoms with van der Waals surface area (Å²) < 4.78 is 16.1. The van der Waals surface area contributed by atoms with Crippen molar-refractivity contribution in [2.24, 2.45) is 5.10 Å². The van der Waals surface area contributed by atoms with Crippen LogP contribution in [0.2, 0.25) is 0 Å². The van der Waals surface area contributed by atoms with Crippen LogP contribution < -0.4 is 19.6 Å². The summed E-state index contributed by atoms with van der Waals surface area (Å²) in [6, 6.07) is 12.3. The fourth-order valence-electron chi connectivity index (χ4n) is 2.17. The van der Waals surface area contributed by atoms with Gasteiger partial charge in [-0.05, 0) is 36.4 Å². The van der Waals surface area contributed by atoms with E-state index in [9.17, 15) is 4.79 Å². The summed E-state index contributed by atoms with van der Waals surface area (Å²) in [6.45, 7) is 1.03. The molecule has 118 valence electrons. The summed E-state index contributed by atoms with van der Waals surface area (Å²) >= 11 is 0. The van der Waals surface area contributed by atoms with Crippen LogP contribution >= 0.6 is 0 Å². The van der Waals surface area contributed by atoms with Crippen molar-refractivity contribution in [3.05, 3.63) is 53.6 Å². The number of hydrogen-bond donors (Lipinski definition) is 1. The molecule has 2 aromatic rings. The van der Waals surface area contributed by atoms with Crippen molar-refractivity contribution in [3.63, 3.8) is 0 Å². The molecular formula is C17H16N2O4. The molecule has 0 atom stereocenters. The van der Waals surface area contributed by atoms with Gasteiger partial charge in [0.2, 0.25) is 0 Å². The summed E-state index contributed by atoms with van der Waals surface area (Å²) in [5.74, 6) is 1.71. The lowest BCUT2D eigenvalue weighted by Crippen LogP contribution is -2.18. The fourth-order valence-corrected chi connectivity index (χ4v) is 2.17. The van der Waals surface area contributed by atoms with Crippen molar-refractivity contribution in [3.8, 4) is 17.2 Å². The third-order valence-electron chi connectivity index (χ3n) is 3.32. The highest BCUT2D eigenvalue weighted by atomic mass is 16.6. The van der Waals surface area contributed by atoms with Crippen LogP contribution in [0.5, 0.6) is 17.2 Å². The number of carbonyl (C=O) groups excluding carboxylic acids is 1. The van der Waals surface area contributed by atoms with Gasteiger partial charge >= 0.3 is 0 Å². The van der Waals surface area contributed by atoms with Gasteiger partial charge in [0.05, 0.1) is 13.3 Å². The van der Waals surface area contributed by atoms with Crippen LogP contribution in [0.15, 0.2) is 47.6 Å². The summed E-state index contributed by atoms with van der Waals surface area (Å²) in [6.07, 6.45) is 1.54. The van der Waals surface area contributed by atoms with Crippen LogP contribution in [-0.2, 0) is 0 Å². The van der Waals surface area contributed by atoms with E-state index in [1.165, 1.54) is 6.21 Å². The smallest absolute Gasteiger partial charge is 0.271 e. The number of amides is 1. The van der Waals surface area contributed by atoms with Crippen LogP contribution in [-0.4, -0.2) is 32.4 Å². The second-order valence-corrected chi connectivity index (χ2v) is 4.80. The van der Waals surface area contributed by atoms with Crippen LogP contribution in [0, 0.1) is 0 Å². The first-order valence-electron chi connectivity index (χ1n) is 7.14. The SMILES string of the molecule is COc1ccc(C(=O)N/N=C/c2cccc3c2OCCO3)cc1. The number of ether oxygens (including phenoxy) is 3. The van der Waals surface area contributed by atoms with Gasteiger partial charge in [-0.2, -0.15) is 5.10 Å². The number of hydrogen-bond acceptors (Lipinski definition) is 5. The van der Waals surface area contributed by atoms with Gasteiger partial charge < -0.3 is 14.2 Å². The largest absolute Gasteiger partial charge is 0.497 e. The molecule has 1 aliphatic heterocycles. The van der Waals surface area contributed by atoms with Crippen molar-refractivity contribution in [2.45, 2.75) is 0 Å². The number of rotatable bonds is 4. The van der Waals surface area contributed by atoms with Crippen LogP contribution in [0.1, 0.15) is 15.9 Å². The van der Waals surface area contributed by atoms with Crippen molar-refractivity contribution in [1.29, 1.82) is 0 Å². The molecule has 1 heterocycles. The standard InChI is InChI=1S/C17H16N2O4/c1-21-14-7-5-12(6-8-14)17(20)19-18-11-13-3-2-4-15-16(13)23-10-9-22-15/h2-8,11H,9-10H2,1H3,(H,19,20)/b18-11+. The number of nitrogens with zero attached hydrogens (tertiary/aromatic N) is 1. The van der Waals surface area contributed by atoms with Gasteiger partial charge in [0.25, 0.3) is 5.91 Å². The van der Waals surface area contributed by atoms with E-state index < -0.39 is 0 Å². The maximum absolute atomic E-state index is 12.0. The molecule has 0 fully saturated rings. The number of hydrazone groups is 1. The first-order chi connectivity index (χ1) is 11.3. The first kappa shape index (κ1) is 14.9. The monoisotopic (exact) mass is 312 g/mol. The highest BCUT2D eigenvalue weighted by Crippen LogP contribution is 2.32. The second-order valence-electron chi connectivity index (χ2n) is 4.80. The summed E-state index contributed by atoms with van der Waals surface area (Å²) in [5.41, 5.74) is 3.73. The molecule has 3 rings (SSSR count). The van der Waals surface area contributed by atoms with Gasteiger partial charge in [0.1, 0.15) is 19.0 Å². The lowest BCUT2D eigenvalue weighted by molar-refractivity contribution is 0.0955. The number of benzene rings is 2. The summed E-state index contributed by atoms with van der Waals surface area (Å²) in [5, 5.41) is 3.98. The molecule has 0 aliphatic carbocycles. The predicted molar refractivity (Wildman–Crippen MR) is 85.5 cm³/mol. The lowest BCUT2D eigenvalue weighted by Gasteiger charge is -2.19. The Morgan fingerprint density at radius 2 is 1.96 bits per heavy atom. The normalized spacial score (nSPS) is 12.9. The molecule has 0 bridgehead atoms. The average molecular weight is 312 g/mol. The second kappa shape index (κ2) is 6.83. The Kier molecular flexibility index (Phi) is 4.42. The van der Waals surface area contributed by atoms with Gasteiger partial charge in [-0.25, -0.2) is 5.43 Å². The van der Waals surface area contributed by atoms with E-state index in [2.05, 4.69) is 10.5 Å². The molecule has 1 amide bonds. The lowest BCUT2D eigenvalue weighted by atomic mass is 10.2. The minimum Gasteiger partial charge on any atom is -0.497 e. The quantitative estimate of drug-likeness (QED) is 0.694. The molecule has 6 heteroatoms. The van der Waals surface area contributed by atoms with Gasteiger partial charge in [-0.3, -0.25) is 4.79 Å². The van der Waals surface area contributed by atoms with Gasteiger partial charge in [-0.1, -0.05) is 6.07 Å². The summed E-state index contributed by atoms with van der Waals surface area (Å²) in [7, 11) is 1.58. The van der Waals surface area contributed by atoms with Crippen molar-refractivity contribution in [1.82, 2.24) is 5.43 Å². The molecule has 0 saturated heterocycles. The molecule has 1 aliphatic rings. The number of carbonyl (C=O) groups is 1. The van der Waals surface area contributed by atoms with Crippen LogP contribution in [0.25, 0.3) is 0 Å². The van der Waals surface area contributed by atoms with Crippen molar-refractivity contribution < 1.29 is 19.0 Å². The van der Waals surface area contributed by atoms with Gasteiger partial charge in [-0.15, -0.1) is 0 Å². The molecule has 6 nitrogen and oxygen atoms in total. The fraction of sp³-hybridized carbons (Fsp3) is 0.176. The average Bonchev–Trinajstić information content (AvgIpc) is 2.62. The Morgan fingerprint density at radius 3 is 2.74 bits per heavy atom. The zero-order valence-corrected chi connectivity index (χ0v) is 12.6. The molecule has 2 aromatic carbocycles. The van der Waals surface area contributed by atoms with E-state index in [-0.39, 0.29) is 5.91 Å². The molecule has 1 N–H and O–H groups in total. The van der Waals surface area contributed by atoms with E-state index >= 15 is 0 Å². The Labute approximate surface area is 133 Å². The highest BCUT2D eigenvalue weighted by Gasteiger charge is 2.14. The zero-order chi connectivity index (χ0) is 16.1. The Morgan fingerprint density at radius 1 is 1.17 bits per heavy atom. The molecular weight excluding hydrogens is 296 g/mol. The number of nitrogens with one attached hydrogen (secondary N) is 1. The Bertz CT molecular complexity index is 726. The molecule has 0 saturated carbocycles. The van der Waals surface area contributed by atoms with Crippen LogP contribution in [0.4, 0.5) is 0 Å². The van der Waals surface area contributed by atoms with Crippen LogP contribution in [0.3, 0.4) is 0 Å². The number of para-hydroxylation sites is 1. The van der Waals surface area contributed by atoms with E-state index in [0.717, 1.165) is 5.56 Å². The maximum atomic E-state index is 12.0. The Hall–Kier alpha value is -3.02. The maximum Gasteiger partial charge on any atom is 0.271 e. The molecule has 0 aromatic heterocycles. The molecule has 23 heavy (non-hydrogen) atoms. The van der Waals surface area contributed by atoms with E-state index in [4.69, 9.17) is 14.2 Å². The third kappa shape index (κ3) is 3.42. The van der Waals surface area contributed by atoms with Crippen molar-refractivity contribution >= 4 is 12.1 Å². The van der Waals surface area contributed by atoms with E-state index in [0.29, 0.717) is 36.0 Å². The topological polar surface area (TPSA) is 69.2 Å². The minimum absolute atomic E-state index is 0.300. The Balaban J connectivity index is 1.68. The van der Waals surface area contributed by atoms with Crippen molar-refractivity contribution in [2.75, 3.05) is 20.3 Å². The number of methoxy groups -OCH3 is 1. The highest BCUT2D eigenvalue weighted by molar-refractivity contribution is 5.95. The molecule has 0 spiro atoms. The molecule has 0 unspecified atom stereocenters. The predicted octanol–water partition coefficient (Wildman–Crippen LogP) is 2.23. The zero-order valence-electron chi connectivity index (χ0n) is 12.6. The van der Waals surface area contributed by atoms with Gasteiger partial charge in [0.15, 0.2) is 11.5 Å². The van der Waals surface area contributed by atoms with Gasteiger partial charge in [0, 0.05) is 11.1 Å². The summed E-state index contributed by atoms with van der Waals surface area (Å²) in [4.78, 5) is 12.0. The third-order valence-corrected chi connectivity index (χ3v) is 3.32.